The van der Waals surface area contributed by atoms with E-state index in [4.69, 9.17) is 0 Å². The van der Waals surface area contributed by atoms with Gasteiger partial charge in [-0.3, -0.25) is 0 Å². The molecule has 0 spiro atoms. The Balaban J connectivity index is 0. The van der Waals surface area contributed by atoms with Gasteiger partial charge < -0.3 is 24.9 Å². The maximum atomic E-state index is 9.64. The average molecular weight is 433 g/mol. The van der Waals surface area contributed by atoms with Crippen LogP contribution in [0.5, 0.6) is 5.75 Å². The number of hydrogen-bond donors (Lipinski definition) is 1. The number of rotatable bonds is 5. The van der Waals surface area contributed by atoms with Crippen LogP contribution in [0.1, 0.15) is 13.8 Å². The summed E-state index contributed by atoms with van der Waals surface area (Å²) in [7, 11) is 0. The molecule has 0 aliphatic rings. The summed E-state index contributed by atoms with van der Waals surface area (Å²) in [6.45, 7) is 3.61. The van der Waals surface area contributed by atoms with Crippen molar-refractivity contribution < 1.29 is 24.9 Å². The summed E-state index contributed by atoms with van der Waals surface area (Å²) >= 11 is 0. The number of carboxylic acid groups (broad SMARTS) is 2. The smallest absolute Gasteiger partial charge is 0.545 e. The van der Waals surface area contributed by atoms with E-state index in [-0.39, 0.29) is 37.7 Å². The Morgan fingerprint density at radius 3 is 1.57 bits per heavy atom. The Hall–Kier alpha value is -2.60. The number of allylic oxidation sites excluding steroid dienone is 6. The third-order valence-corrected chi connectivity index (χ3v) is 3.06. The van der Waals surface area contributed by atoms with Crippen molar-refractivity contribution in [2.75, 3.05) is 0 Å². The van der Waals surface area contributed by atoms with Crippen molar-refractivity contribution in [3.8, 4) is 16.9 Å². The third kappa shape index (κ3) is 16.4. The van der Waals surface area contributed by atoms with Gasteiger partial charge in [0.1, 0.15) is 5.75 Å². The van der Waals surface area contributed by atoms with Crippen LogP contribution in [-0.4, -0.2) is 54.8 Å². The van der Waals surface area contributed by atoms with Gasteiger partial charge in [-0.15, -0.1) is 0 Å². The molecule has 0 bridgehead atoms. The molecule has 0 heterocycles. The Morgan fingerprint density at radius 2 is 1.17 bits per heavy atom. The molecule has 0 amide bonds. The Labute approximate surface area is 207 Å². The number of aromatic hydroxyl groups is 1. The van der Waals surface area contributed by atoms with E-state index in [1.807, 2.05) is 48.5 Å². The van der Waals surface area contributed by atoms with E-state index in [0.717, 1.165) is 23.3 Å². The zero-order chi connectivity index (χ0) is 21.9. The molecule has 0 atom stereocenters. The molecule has 0 aliphatic heterocycles. The summed E-state index contributed by atoms with van der Waals surface area (Å²) in [6, 6.07) is 17.2. The molecule has 5 nitrogen and oxygen atoms in total. The molecular formula is C24H24CaO5. The predicted molar refractivity (Wildman–Crippen MR) is 117 cm³/mol. The molecular weight excluding hydrogens is 408 g/mol. The first-order valence-electron chi connectivity index (χ1n) is 8.76. The van der Waals surface area contributed by atoms with Crippen LogP contribution in [0.3, 0.4) is 0 Å². The van der Waals surface area contributed by atoms with Gasteiger partial charge in [0.25, 0.3) is 0 Å². The summed E-state index contributed by atoms with van der Waals surface area (Å²) in [5.74, 6) is -2.00. The number of hydrogen-bond acceptors (Lipinski definition) is 5. The first-order valence-corrected chi connectivity index (χ1v) is 8.76. The standard InChI is InChI=1S/C12H10O.2C6H8O2.Ca/c13-12-9-5-4-8-11(12)10-6-2-1-3-7-10;2*1-2-3-4-5-6(7)8;/h1-9,13H;2*2-5H,1H3,(H,7,8);/q;;;+2/p-2/b;2*3-2+,5-4+;. The topological polar surface area (TPSA) is 100 Å². The van der Waals surface area contributed by atoms with Crippen molar-refractivity contribution in [3.05, 3.63) is 103 Å². The Kier molecular flexibility index (Phi) is 19.4. The van der Waals surface area contributed by atoms with E-state index in [2.05, 4.69) is 0 Å². The van der Waals surface area contributed by atoms with E-state index in [9.17, 15) is 24.9 Å². The van der Waals surface area contributed by atoms with Crippen molar-refractivity contribution >= 4 is 49.7 Å². The second kappa shape index (κ2) is 19.7. The summed E-state index contributed by atoms with van der Waals surface area (Å²) in [5.41, 5.74) is 1.92. The first kappa shape index (κ1) is 29.6. The number of phenolic OH excluding ortho intramolecular Hbond substituents is 1. The van der Waals surface area contributed by atoms with Gasteiger partial charge in [0.2, 0.25) is 0 Å². The van der Waals surface area contributed by atoms with E-state index in [1.165, 1.54) is 12.2 Å². The van der Waals surface area contributed by atoms with Crippen LogP contribution in [0, 0.1) is 0 Å². The molecule has 2 aromatic rings. The molecule has 0 aromatic heterocycles. The van der Waals surface area contributed by atoms with Crippen molar-refractivity contribution in [3.63, 3.8) is 0 Å². The SMILES string of the molecule is C/C=C/C=C/C(=O)[O-].C/C=C/C=C/C(=O)[O-].Oc1ccccc1-c1ccccc1.[Ca+2]. The number of carbonyl (C=O) groups excluding carboxylic acids is 2. The number of carbonyl (C=O) groups is 2. The zero-order valence-electron chi connectivity index (χ0n) is 17.1. The van der Waals surface area contributed by atoms with Crippen molar-refractivity contribution in [2.45, 2.75) is 13.8 Å². The van der Waals surface area contributed by atoms with E-state index >= 15 is 0 Å². The Bertz CT molecular complexity index is 821. The van der Waals surface area contributed by atoms with Crippen LogP contribution < -0.4 is 10.2 Å². The second-order valence-corrected chi connectivity index (χ2v) is 5.29. The molecule has 1 N–H and O–H groups in total. The van der Waals surface area contributed by atoms with Gasteiger partial charge in [0.15, 0.2) is 0 Å². The molecule has 0 radical (unpaired) electrons. The monoisotopic (exact) mass is 432 g/mol. The summed E-state index contributed by atoms with van der Waals surface area (Å²) in [5, 5.41) is 28.8. The minimum absolute atomic E-state index is 0. The maximum absolute atomic E-state index is 9.64. The molecule has 30 heavy (non-hydrogen) atoms. The number of phenols is 1. The van der Waals surface area contributed by atoms with Gasteiger partial charge in [-0.2, -0.15) is 0 Å². The molecule has 6 heteroatoms. The molecule has 0 saturated heterocycles. The van der Waals surface area contributed by atoms with Crippen molar-refractivity contribution in [1.29, 1.82) is 0 Å². The zero-order valence-corrected chi connectivity index (χ0v) is 19.3. The van der Waals surface area contributed by atoms with Crippen LogP contribution in [-0.2, 0) is 9.59 Å². The molecule has 0 unspecified atom stereocenters. The van der Waals surface area contributed by atoms with E-state index < -0.39 is 11.9 Å². The van der Waals surface area contributed by atoms with Crippen LogP contribution in [0.15, 0.2) is 103 Å². The minimum Gasteiger partial charge on any atom is -0.545 e. The Morgan fingerprint density at radius 1 is 0.733 bits per heavy atom. The van der Waals surface area contributed by atoms with Crippen LogP contribution in [0.4, 0.5) is 0 Å². The molecule has 152 valence electrons. The number of aliphatic carboxylic acids is 2. The predicted octanol–water partition coefficient (Wildman–Crippen LogP) is 2.42. The van der Waals surface area contributed by atoms with Crippen LogP contribution >= 0.6 is 0 Å². The number of carboxylic acids is 2. The van der Waals surface area contributed by atoms with E-state index in [1.54, 1.807) is 44.2 Å². The number of benzene rings is 2. The third-order valence-electron chi connectivity index (χ3n) is 3.06. The molecule has 2 aromatic carbocycles. The average Bonchev–Trinajstić information content (AvgIpc) is 2.70. The normalized spacial score (nSPS) is 10.2. The minimum atomic E-state index is -1.16. The quantitative estimate of drug-likeness (QED) is 0.444. The number of para-hydroxylation sites is 1. The van der Waals surface area contributed by atoms with Gasteiger partial charge in [-0.1, -0.05) is 85.0 Å². The fourth-order valence-corrected chi connectivity index (χ4v) is 1.83. The fraction of sp³-hybridized carbons (Fsp3) is 0.0833. The van der Waals surface area contributed by atoms with Gasteiger partial charge in [-0.05, 0) is 37.6 Å². The van der Waals surface area contributed by atoms with Crippen molar-refractivity contribution in [1.82, 2.24) is 0 Å². The van der Waals surface area contributed by atoms with Gasteiger partial charge >= 0.3 is 37.7 Å². The van der Waals surface area contributed by atoms with Gasteiger partial charge in [0.05, 0.1) is 11.9 Å². The van der Waals surface area contributed by atoms with Gasteiger partial charge in [-0.25, -0.2) is 0 Å². The van der Waals surface area contributed by atoms with Gasteiger partial charge in [0, 0.05) is 5.56 Å². The summed E-state index contributed by atoms with van der Waals surface area (Å²) in [4.78, 5) is 19.3. The second-order valence-electron chi connectivity index (χ2n) is 5.29. The largest absolute Gasteiger partial charge is 2.00 e. The van der Waals surface area contributed by atoms with Crippen molar-refractivity contribution in [2.24, 2.45) is 0 Å². The fourth-order valence-electron chi connectivity index (χ4n) is 1.83. The summed E-state index contributed by atoms with van der Waals surface area (Å²) in [6.07, 6.45) is 11.5. The molecule has 0 saturated carbocycles. The van der Waals surface area contributed by atoms with Crippen LogP contribution in [0.25, 0.3) is 11.1 Å². The molecule has 2 rings (SSSR count). The summed E-state index contributed by atoms with van der Waals surface area (Å²) < 4.78 is 0. The van der Waals surface area contributed by atoms with Crippen LogP contribution in [0.2, 0.25) is 0 Å². The maximum Gasteiger partial charge on any atom is 2.00 e. The molecule has 0 fully saturated rings. The molecule has 0 aliphatic carbocycles. The van der Waals surface area contributed by atoms with E-state index in [0.29, 0.717) is 5.75 Å². The first-order chi connectivity index (χ1) is 13.9.